The first-order valence-electron chi connectivity index (χ1n) is 5.95. The van der Waals surface area contributed by atoms with Crippen LogP contribution < -0.4 is 5.32 Å². The Hall–Kier alpha value is -2.05. The molecule has 100 valence electrons. The average Bonchev–Trinajstić information content (AvgIpc) is 2.46. The van der Waals surface area contributed by atoms with Gasteiger partial charge < -0.3 is 10.1 Å². The molecule has 1 aliphatic rings. The monoisotopic (exact) mass is 262 g/mol. The molecule has 0 saturated carbocycles. The topological polar surface area (TPSA) is 81.5 Å². The van der Waals surface area contributed by atoms with Crippen LogP contribution in [0.1, 0.15) is 5.56 Å². The predicted octanol–water partition coefficient (Wildman–Crippen LogP) is 1.17. The SMILES string of the molecule is O=C(/C=C/c1ccc([N+](=O)[O-])cc1)C1CNCCO1. The van der Waals surface area contributed by atoms with E-state index in [1.165, 1.54) is 18.2 Å². The lowest BCUT2D eigenvalue weighted by Gasteiger charge is -2.21. The summed E-state index contributed by atoms with van der Waals surface area (Å²) in [5.41, 5.74) is 0.769. The van der Waals surface area contributed by atoms with Gasteiger partial charge in [-0.1, -0.05) is 6.08 Å². The van der Waals surface area contributed by atoms with Crippen molar-refractivity contribution in [2.75, 3.05) is 19.7 Å². The number of nitrogens with one attached hydrogen (secondary N) is 1. The molecule has 6 heteroatoms. The minimum absolute atomic E-state index is 0.0308. The van der Waals surface area contributed by atoms with E-state index in [4.69, 9.17) is 4.74 Å². The lowest BCUT2D eigenvalue weighted by atomic mass is 10.1. The van der Waals surface area contributed by atoms with Crippen molar-refractivity contribution in [2.24, 2.45) is 0 Å². The number of non-ortho nitro benzene ring substituents is 1. The summed E-state index contributed by atoms with van der Waals surface area (Å²) in [5.74, 6) is -0.106. The number of morpholine rings is 1. The Balaban J connectivity index is 1.97. The summed E-state index contributed by atoms with van der Waals surface area (Å²) in [6.07, 6.45) is 2.63. The molecule has 1 heterocycles. The van der Waals surface area contributed by atoms with Crippen molar-refractivity contribution in [1.29, 1.82) is 0 Å². The van der Waals surface area contributed by atoms with Gasteiger partial charge in [0, 0.05) is 25.2 Å². The Bertz CT molecular complexity index is 490. The molecule has 1 N–H and O–H groups in total. The summed E-state index contributed by atoms with van der Waals surface area (Å²) in [4.78, 5) is 21.8. The van der Waals surface area contributed by atoms with Gasteiger partial charge in [0.05, 0.1) is 11.5 Å². The van der Waals surface area contributed by atoms with Crippen molar-refractivity contribution >= 4 is 17.5 Å². The molecule has 0 aromatic heterocycles. The van der Waals surface area contributed by atoms with Gasteiger partial charge in [0.15, 0.2) is 5.78 Å². The van der Waals surface area contributed by atoms with Crippen LogP contribution >= 0.6 is 0 Å². The number of nitro benzene ring substituents is 1. The molecule has 0 radical (unpaired) electrons. The molecule has 1 atom stereocenters. The van der Waals surface area contributed by atoms with Crippen LogP contribution in [0.25, 0.3) is 6.08 Å². The summed E-state index contributed by atoms with van der Waals surface area (Å²) >= 11 is 0. The van der Waals surface area contributed by atoms with E-state index in [9.17, 15) is 14.9 Å². The van der Waals surface area contributed by atoms with Crippen LogP contribution in [0.15, 0.2) is 30.3 Å². The average molecular weight is 262 g/mol. The Morgan fingerprint density at radius 3 is 2.74 bits per heavy atom. The maximum atomic E-state index is 11.8. The zero-order valence-electron chi connectivity index (χ0n) is 10.2. The van der Waals surface area contributed by atoms with E-state index in [-0.39, 0.29) is 11.5 Å². The Morgan fingerprint density at radius 2 is 2.16 bits per heavy atom. The van der Waals surface area contributed by atoms with E-state index < -0.39 is 11.0 Å². The first kappa shape index (κ1) is 13.4. The summed E-state index contributed by atoms with van der Waals surface area (Å²) in [6, 6.07) is 6.01. The van der Waals surface area contributed by atoms with Gasteiger partial charge in [-0.05, 0) is 23.8 Å². The number of nitro groups is 1. The van der Waals surface area contributed by atoms with Gasteiger partial charge in [-0.2, -0.15) is 0 Å². The highest BCUT2D eigenvalue weighted by atomic mass is 16.6. The zero-order valence-corrected chi connectivity index (χ0v) is 10.2. The van der Waals surface area contributed by atoms with Gasteiger partial charge >= 0.3 is 0 Å². The van der Waals surface area contributed by atoms with Crippen LogP contribution in [0.5, 0.6) is 0 Å². The fraction of sp³-hybridized carbons (Fsp3) is 0.308. The molecular formula is C13H14N2O4. The molecule has 19 heavy (non-hydrogen) atoms. The van der Waals surface area contributed by atoms with Crippen LogP contribution in [0.4, 0.5) is 5.69 Å². The Kier molecular flexibility index (Phi) is 4.38. The lowest BCUT2D eigenvalue weighted by Crippen LogP contribution is -2.42. The van der Waals surface area contributed by atoms with Crippen LogP contribution in [-0.2, 0) is 9.53 Å². The molecule has 1 aromatic rings. The Labute approximate surface area is 110 Å². The molecule has 0 spiro atoms. The van der Waals surface area contributed by atoms with Crippen LogP contribution in [0, 0.1) is 10.1 Å². The van der Waals surface area contributed by atoms with Gasteiger partial charge in [-0.25, -0.2) is 0 Å². The molecular weight excluding hydrogens is 248 g/mol. The number of nitrogens with zero attached hydrogens (tertiary/aromatic N) is 1. The van der Waals surface area contributed by atoms with Gasteiger partial charge in [0.2, 0.25) is 0 Å². The molecule has 0 aliphatic carbocycles. The highest BCUT2D eigenvalue weighted by molar-refractivity contribution is 5.97. The normalized spacial score (nSPS) is 19.5. The van der Waals surface area contributed by atoms with Crippen LogP contribution in [0.2, 0.25) is 0 Å². The number of rotatable bonds is 4. The number of carbonyl (C=O) groups excluding carboxylic acids is 1. The number of ether oxygens (including phenoxy) is 1. The summed E-state index contributed by atoms with van der Waals surface area (Å²) in [6.45, 7) is 1.81. The summed E-state index contributed by atoms with van der Waals surface area (Å²) in [5, 5.41) is 13.6. The van der Waals surface area contributed by atoms with E-state index in [1.54, 1.807) is 18.2 Å². The molecule has 1 fully saturated rings. The maximum Gasteiger partial charge on any atom is 0.269 e. The highest BCUT2D eigenvalue weighted by Crippen LogP contribution is 2.13. The van der Waals surface area contributed by atoms with E-state index >= 15 is 0 Å². The second-order valence-corrected chi connectivity index (χ2v) is 4.15. The van der Waals surface area contributed by atoms with Crippen molar-refractivity contribution in [3.63, 3.8) is 0 Å². The second kappa shape index (κ2) is 6.21. The fourth-order valence-corrected chi connectivity index (χ4v) is 1.74. The molecule has 0 amide bonds. The van der Waals surface area contributed by atoms with E-state index in [2.05, 4.69) is 5.32 Å². The minimum atomic E-state index is -0.458. The fourth-order valence-electron chi connectivity index (χ4n) is 1.74. The number of ketones is 1. The third-order valence-corrected chi connectivity index (χ3v) is 2.79. The van der Waals surface area contributed by atoms with Crippen molar-refractivity contribution in [1.82, 2.24) is 5.32 Å². The molecule has 1 saturated heterocycles. The smallest absolute Gasteiger partial charge is 0.269 e. The quantitative estimate of drug-likeness (QED) is 0.500. The van der Waals surface area contributed by atoms with E-state index in [0.717, 1.165) is 12.1 Å². The second-order valence-electron chi connectivity index (χ2n) is 4.15. The first-order chi connectivity index (χ1) is 9.16. The number of hydrogen-bond acceptors (Lipinski definition) is 5. The summed E-state index contributed by atoms with van der Waals surface area (Å²) < 4.78 is 5.33. The van der Waals surface area contributed by atoms with Gasteiger partial charge in [-0.15, -0.1) is 0 Å². The third kappa shape index (κ3) is 3.70. The first-order valence-corrected chi connectivity index (χ1v) is 5.95. The Morgan fingerprint density at radius 1 is 1.42 bits per heavy atom. The molecule has 6 nitrogen and oxygen atoms in total. The molecule has 2 rings (SSSR count). The van der Waals surface area contributed by atoms with Gasteiger partial charge in [0.25, 0.3) is 5.69 Å². The lowest BCUT2D eigenvalue weighted by molar-refractivity contribution is -0.384. The number of hydrogen-bond donors (Lipinski definition) is 1. The van der Waals surface area contributed by atoms with Gasteiger partial charge in [-0.3, -0.25) is 14.9 Å². The maximum absolute atomic E-state index is 11.8. The van der Waals surface area contributed by atoms with E-state index in [1.807, 2.05) is 0 Å². The highest BCUT2D eigenvalue weighted by Gasteiger charge is 2.19. The number of carbonyl (C=O) groups is 1. The molecule has 0 bridgehead atoms. The van der Waals surface area contributed by atoms with Crippen molar-refractivity contribution < 1.29 is 14.5 Å². The zero-order chi connectivity index (χ0) is 13.7. The summed E-state index contributed by atoms with van der Waals surface area (Å²) in [7, 11) is 0. The van der Waals surface area contributed by atoms with Crippen molar-refractivity contribution in [3.8, 4) is 0 Å². The van der Waals surface area contributed by atoms with Crippen LogP contribution in [0.3, 0.4) is 0 Å². The number of benzene rings is 1. The standard InChI is InChI=1S/C13H14N2O4/c16-12(13-9-14-7-8-19-13)6-3-10-1-4-11(5-2-10)15(17)18/h1-6,13-14H,7-9H2/b6-3+. The van der Waals surface area contributed by atoms with Crippen molar-refractivity contribution in [3.05, 3.63) is 46.0 Å². The molecule has 1 aromatic carbocycles. The minimum Gasteiger partial charge on any atom is -0.367 e. The van der Waals surface area contributed by atoms with Gasteiger partial charge in [0.1, 0.15) is 6.10 Å². The molecule has 1 unspecified atom stereocenters. The van der Waals surface area contributed by atoms with E-state index in [0.29, 0.717) is 13.2 Å². The van der Waals surface area contributed by atoms with Crippen LogP contribution in [-0.4, -0.2) is 36.5 Å². The third-order valence-electron chi connectivity index (χ3n) is 2.79. The van der Waals surface area contributed by atoms with Crippen molar-refractivity contribution in [2.45, 2.75) is 6.10 Å². The molecule has 1 aliphatic heterocycles. The predicted molar refractivity (Wildman–Crippen MR) is 69.7 cm³/mol. The largest absolute Gasteiger partial charge is 0.367 e.